The largest absolute Gasteiger partial charge is 0.502 e. The zero-order valence-corrected chi connectivity index (χ0v) is 12.7. The number of hydrazone groups is 1. The molecule has 2 N–H and O–H groups in total. The third-order valence-corrected chi connectivity index (χ3v) is 3.53. The van der Waals surface area contributed by atoms with Gasteiger partial charge >= 0.3 is 5.69 Å². The van der Waals surface area contributed by atoms with Crippen LogP contribution in [0.2, 0.25) is 10.0 Å². The van der Waals surface area contributed by atoms with Crippen LogP contribution in [0.5, 0.6) is 5.75 Å². The number of hydrogen-bond donors (Lipinski definition) is 2. The van der Waals surface area contributed by atoms with Crippen LogP contribution in [0.15, 0.2) is 41.5 Å². The monoisotopic (exact) mass is 339 g/mol. The standard InChI is InChI=1S/C14H11Cl2N3O3/c15-11-2-1-3-12(16)10(11)8-18-17-7-9-4-5-14(20)13(6-9)19(21)22/h1-7,18,20H,8H2/b17-7-. The van der Waals surface area contributed by atoms with Gasteiger partial charge in [0.25, 0.3) is 0 Å². The molecule has 0 aliphatic heterocycles. The number of phenolic OH excluding ortho intramolecular Hbond substituents is 1. The van der Waals surface area contributed by atoms with Gasteiger partial charge < -0.3 is 10.5 Å². The molecule has 0 atom stereocenters. The Morgan fingerprint density at radius 2 is 1.95 bits per heavy atom. The lowest BCUT2D eigenvalue weighted by molar-refractivity contribution is -0.385. The summed E-state index contributed by atoms with van der Waals surface area (Å²) in [6.45, 7) is 0.315. The van der Waals surface area contributed by atoms with Crippen molar-refractivity contribution in [2.75, 3.05) is 0 Å². The van der Waals surface area contributed by atoms with Gasteiger partial charge in [0, 0.05) is 27.2 Å². The molecule has 0 amide bonds. The second-order valence-electron chi connectivity index (χ2n) is 4.30. The fourth-order valence-electron chi connectivity index (χ4n) is 1.71. The Bertz CT molecular complexity index is 715. The molecule has 0 aliphatic rings. The summed E-state index contributed by atoms with van der Waals surface area (Å²) in [6.07, 6.45) is 1.40. The highest BCUT2D eigenvalue weighted by Crippen LogP contribution is 2.26. The maximum Gasteiger partial charge on any atom is 0.311 e. The van der Waals surface area contributed by atoms with Crippen molar-refractivity contribution in [3.8, 4) is 5.75 Å². The summed E-state index contributed by atoms with van der Waals surface area (Å²) < 4.78 is 0. The van der Waals surface area contributed by atoms with Crippen LogP contribution in [0, 0.1) is 10.1 Å². The minimum absolute atomic E-state index is 0.315. The number of halogens is 2. The molecule has 0 bridgehead atoms. The third-order valence-electron chi connectivity index (χ3n) is 2.82. The molecule has 22 heavy (non-hydrogen) atoms. The molecule has 8 heteroatoms. The summed E-state index contributed by atoms with van der Waals surface area (Å²) in [6, 6.07) is 9.16. The number of benzene rings is 2. The van der Waals surface area contributed by atoms with Crippen LogP contribution < -0.4 is 5.43 Å². The molecule has 6 nitrogen and oxygen atoms in total. The van der Waals surface area contributed by atoms with Crippen molar-refractivity contribution >= 4 is 35.1 Å². The van der Waals surface area contributed by atoms with Gasteiger partial charge in [0.2, 0.25) is 0 Å². The normalized spacial score (nSPS) is 10.8. The van der Waals surface area contributed by atoms with Crippen LogP contribution in [0.3, 0.4) is 0 Å². The van der Waals surface area contributed by atoms with Crippen molar-refractivity contribution in [2.24, 2.45) is 5.10 Å². The van der Waals surface area contributed by atoms with Gasteiger partial charge in [-0.05, 0) is 24.3 Å². The summed E-state index contributed by atoms with van der Waals surface area (Å²) in [4.78, 5) is 10.1. The molecule has 114 valence electrons. The lowest BCUT2D eigenvalue weighted by Crippen LogP contribution is -2.06. The van der Waals surface area contributed by atoms with Gasteiger partial charge in [0.05, 0.1) is 17.7 Å². The predicted molar refractivity (Wildman–Crippen MR) is 85.7 cm³/mol. The van der Waals surface area contributed by atoms with Gasteiger partial charge in [0.15, 0.2) is 5.75 Å². The van der Waals surface area contributed by atoms with Crippen molar-refractivity contribution in [1.29, 1.82) is 0 Å². The zero-order valence-electron chi connectivity index (χ0n) is 11.2. The number of rotatable bonds is 5. The maximum absolute atomic E-state index is 10.7. The number of nitrogens with one attached hydrogen (secondary N) is 1. The van der Waals surface area contributed by atoms with Gasteiger partial charge in [-0.3, -0.25) is 10.1 Å². The smallest absolute Gasteiger partial charge is 0.311 e. The van der Waals surface area contributed by atoms with Gasteiger partial charge in [-0.25, -0.2) is 0 Å². The van der Waals surface area contributed by atoms with E-state index in [0.29, 0.717) is 27.7 Å². The molecule has 0 radical (unpaired) electrons. The second-order valence-corrected chi connectivity index (χ2v) is 5.11. The van der Waals surface area contributed by atoms with E-state index in [2.05, 4.69) is 10.5 Å². The first kappa shape index (κ1) is 16.1. The van der Waals surface area contributed by atoms with Crippen molar-refractivity contribution in [2.45, 2.75) is 6.54 Å². The van der Waals surface area contributed by atoms with Crippen LogP contribution in [0.4, 0.5) is 5.69 Å². The molecule has 0 spiro atoms. The summed E-state index contributed by atoms with van der Waals surface area (Å²) >= 11 is 12.0. The number of nitro benzene ring substituents is 1. The average Bonchev–Trinajstić information content (AvgIpc) is 2.47. The van der Waals surface area contributed by atoms with E-state index < -0.39 is 10.7 Å². The fourth-order valence-corrected chi connectivity index (χ4v) is 2.24. The second kappa shape index (κ2) is 7.11. The SMILES string of the molecule is O=[N+]([O-])c1cc(/C=N\NCc2c(Cl)cccc2Cl)ccc1O. The first-order valence-corrected chi connectivity index (χ1v) is 6.91. The minimum Gasteiger partial charge on any atom is -0.502 e. The Kier molecular flexibility index (Phi) is 5.19. The zero-order chi connectivity index (χ0) is 16.1. The van der Waals surface area contributed by atoms with Crippen LogP contribution in [0.25, 0.3) is 0 Å². The summed E-state index contributed by atoms with van der Waals surface area (Å²) in [5.41, 5.74) is 3.57. The molecule has 2 rings (SSSR count). The molecule has 0 unspecified atom stereocenters. The highest BCUT2D eigenvalue weighted by molar-refractivity contribution is 6.35. The Balaban J connectivity index is 2.04. The molecule has 2 aromatic carbocycles. The Hall–Kier alpha value is -2.31. The molecule has 0 aromatic heterocycles. The summed E-state index contributed by atoms with van der Waals surface area (Å²) in [7, 11) is 0. The molecule has 0 saturated heterocycles. The molecular formula is C14H11Cl2N3O3. The van der Waals surface area contributed by atoms with E-state index in [1.54, 1.807) is 18.2 Å². The number of aromatic hydroxyl groups is 1. The number of nitrogens with zero attached hydrogens (tertiary/aromatic N) is 2. The first-order chi connectivity index (χ1) is 10.5. The van der Waals surface area contributed by atoms with E-state index in [0.717, 1.165) is 0 Å². The molecule has 2 aromatic rings. The first-order valence-electron chi connectivity index (χ1n) is 6.15. The minimum atomic E-state index is -0.663. The summed E-state index contributed by atoms with van der Waals surface area (Å²) in [5, 5.41) is 25.1. The van der Waals surface area contributed by atoms with Crippen LogP contribution in [-0.2, 0) is 6.54 Å². The van der Waals surface area contributed by atoms with Crippen molar-refractivity contribution in [3.05, 3.63) is 67.7 Å². The Morgan fingerprint density at radius 1 is 1.27 bits per heavy atom. The fraction of sp³-hybridized carbons (Fsp3) is 0.0714. The molecule has 0 fully saturated rings. The van der Waals surface area contributed by atoms with E-state index in [1.165, 1.54) is 24.4 Å². The van der Waals surface area contributed by atoms with Gasteiger partial charge in [0.1, 0.15) is 0 Å². The lowest BCUT2D eigenvalue weighted by atomic mass is 10.2. The van der Waals surface area contributed by atoms with Crippen molar-refractivity contribution < 1.29 is 10.0 Å². The average molecular weight is 340 g/mol. The third kappa shape index (κ3) is 3.87. The Morgan fingerprint density at radius 3 is 2.59 bits per heavy atom. The van der Waals surface area contributed by atoms with Crippen LogP contribution in [-0.4, -0.2) is 16.2 Å². The summed E-state index contributed by atoms with van der Waals surface area (Å²) in [5.74, 6) is -0.391. The highest BCUT2D eigenvalue weighted by Gasteiger charge is 2.12. The van der Waals surface area contributed by atoms with Crippen molar-refractivity contribution in [1.82, 2.24) is 5.43 Å². The van der Waals surface area contributed by atoms with E-state index in [9.17, 15) is 15.2 Å². The van der Waals surface area contributed by atoms with E-state index in [1.807, 2.05) is 0 Å². The van der Waals surface area contributed by atoms with Crippen LogP contribution in [0.1, 0.15) is 11.1 Å². The predicted octanol–water partition coefficient (Wildman–Crippen LogP) is 3.73. The molecule has 0 heterocycles. The van der Waals surface area contributed by atoms with E-state index in [-0.39, 0.29) is 5.69 Å². The Labute approximate surface area is 136 Å². The van der Waals surface area contributed by atoms with E-state index >= 15 is 0 Å². The van der Waals surface area contributed by atoms with Gasteiger partial charge in [-0.1, -0.05) is 29.3 Å². The molecule has 0 saturated carbocycles. The van der Waals surface area contributed by atoms with Gasteiger partial charge in [-0.2, -0.15) is 5.10 Å². The van der Waals surface area contributed by atoms with E-state index in [4.69, 9.17) is 23.2 Å². The van der Waals surface area contributed by atoms with Crippen molar-refractivity contribution in [3.63, 3.8) is 0 Å². The lowest BCUT2D eigenvalue weighted by Gasteiger charge is -2.05. The number of phenols is 1. The van der Waals surface area contributed by atoms with Crippen LogP contribution >= 0.6 is 23.2 Å². The van der Waals surface area contributed by atoms with Gasteiger partial charge in [-0.15, -0.1) is 0 Å². The quantitative estimate of drug-likeness (QED) is 0.493. The molecular weight excluding hydrogens is 329 g/mol. The number of hydrogen-bond acceptors (Lipinski definition) is 5. The highest BCUT2D eigenvalue weighted by atomic mass is 35.5. The molecule has 0 aliphatic carbocycles. The topological polar surface area (TPSA) is 87.8 Å². The maximum atomic E-state index is 10.7. The number of nitro groups is 1.